The van der Waals surface area contributed by atoms with E-state index in [2.05, 4.69) is 10.3 Å². The van der Waals surface area contributed by atoms with Crippen LogP contribution in [0.2, 0.25) is 0 Å². The maximum atomic E-state index is 11.5. The van der Waals surface area contributed by atoms with Crippen LogP contribution in [0, 0.1) is 0 Å². The van der Waals surface area contributed by atoms with Gasteiger partial charge in [0, 0.05) is 19.0 Å². The highest BCUT2D eigenvalue weighted by atomic mass is 32.2. The van der Waals surface area contributed by atoms with E-state index in [-0.39, 0.29) is 0 Å². The lowest BCUT2D eigenvalue weighted by molar-refractivity contribution is 0.560. The molecule has 0 amide bonds. The van der Waals surface area contributed by atoms with E-state index < -0.39 is 14.6 Å². The lowest BCUT2D eigenvalue weighted by atomic mass is 10.2. The van der Waals surface area contributed by atoms with Crippen LogP contribution in [0.15, 0.2) is 18.5 Å². The van der Waals surface area contributed by atoms with Crippen molar-refractivity contribution in [3.05, 3.63) is 18.5 Å². The van der Waals surface area contributed by atoms with Gasteiger partial charge in [0.15, 0.2) is 9.84 Å². The summed E-state index contributed by atoms with van der Waals surface area (Å²) in [5, 5.41) is 3.01. The average Bonchev–Trinajstić information content (AvgIpc) is 2.13. The highest BCUT2D eigenvalue weighted by Gasteiger charge is 2.29. The molecule has 0 aliphatic heterocycles. The molecule has 3 N–H and O–H groups in total. The van der Waals surface area contributed by atoms with Crippen molar-refractivity contribution in [1.82, 2.24) is 4.98 Å². The number of sulfone groups is 1. The molecule has 1 aromatic rings. The Bertz CT molecular complexity index is 469. The Morgan fingerprint density at radius 2 is 2.06 bits per heavy atom. The van der Waals surface area contributed by atoms with Gasteiger partial charge < -0.3 is 11.1 Å². The zero-order chi connectivity index (χ0) is 12.4. The number of aromatic nitrogens is 1. The molecule has 0 aliphatic carbocycles. The third-order valence-electron chi connectivity index (χ3n) is 2.48. The number of nitrogens with zero attached hydrogens (tertiary/aromatic N) is 1. The van der Waals surface area contributed by atoms with Crippen molar-refractivity contribution < 1.29 is 8.42 Å². The van der Waals surface area contributed by atoms with Crippen molar-refractivity contribution in [1.29, 1.82) is 0 Å². The van der Waals surface area contributed by atoms with Crippen LogP contribution in [0.1, 0.15) is 13.8 Å². The van der Waals surface area contributed by atoms with Crippen molar-refractivity contribution in [3.63, 3.8) is 0 Å². The molecule has 0 atom stereocenters. The second-order valence-electron chi connectivity index (χ2n) is 4.39. The van der Waals surface area contributed by atoms with Gasteiger partial charge in [-0.2, -0.15) is 0 Å². The topological polar surface area (TPSA) is 85.1 Å². The second kappa shape index (κ2) is 4.29. The predicted molar refractivity (Wildman–Crippen MR) is 66.1 cm³/mol. The Hall–Kier alpha value is -1.30. The van der Waals surface area contributed by atoms with Gasteiger partial charge in [-0.25, -0.2) is 8.42 Å². The van der Waals surface area contributed by atoms with Gasteiger partial charge in [-0.3, -0.25) is 4.98 Å². The Kier molecular flexibility index (Phi) is 3.42. The highest BCUT2D eigenvalue weighted by Crippen LogP contribution is 2.17. The fourth-order valence-corrected chi connectivity index (χ4v) is 1.33. The highest BCUT2D eigenvalue weighted by molar-refractivity contribution is 7.92. The molecule has 1 heterocycles. The molecule has 0 radical (unpaired) electrons. The smallest absolute Gasteiger partial charge is 0.154 e. The number of nitrogen functional groups attached to an aromatic ring is 1. The molecule has 90 valence electrons. The summed E-state index contributed by atoms with van der Waals surface area (Å²) in [4.78, 5) is 3.91. The van der Waals surface area contributed by atoms with E-state index in [4.69, 9.17) is 5.73 Å². The van der Waals surface area contributed by atoms with Crippen molar-refractivity contribution in [2.45, 2.75) is 18.6 Å². The Labute approximate surface area is 96.0 Å². The van der Waals surface area contributed by atoms with Gasteiger partial charge in [-0.05, 0) is 19.9 Å². The standard InChI is InChI=1S/C10H17N3O2S/c1-10(2,16(3,14)15)7-13-9-4-8(11)5-12-6-9/h4-6,13H,7,11H2,1-3H3. The molecule has 0 aromatic carbocycles. The fraction of sp³-hybridized carbons (Fsp3) is 0.500. The third-order valence-corrected chi connectivity index (χ3v) is 4.63. The molecule has 1 rings (SSSR count). The Morgan fingerprint density at radius 1 is 1.44 bits per heavy atom. The molecule has 0 saturated heterocycles. The molecular weight excluding hydrogens is 226 g/mol. The van der Waals surface area contributed by atoms with Crippen molar-refractivity contribution in [3.8, 4) is 0 Å². The molecule has 0 saturated carbocycles. The van der Waals surface area contributed by atoms with Gasteiger partial charge in [0.05, 0.1) is 22.3 Å². The zero-order valence-electron chi connectivity index (χ0n) is 9.69. The number of hydrogen-bond donors (Lipinski definition) is 2. The van der Waals surface area contributed by atoms with Gasteiger partial charge in [0.25, 0.3) is 0 Å². The molecule has 0 spiro atoms. The molecule has 6 heteroatoms. The van der Waals surface area contributed by atoms with E-state index >= 15 is 0 Å². The van der Waals surface area contributed by atoms with Gasteiger partial charge in [0.1, 0.15) is 0 Å². The van der Waals surface area contributed by atoms with Crippen LogP contribution in [0.25, 0.3) is 0 Å². The van der Waals surface area contributed by atoms with Crippen LogP contribution in [0.5, 0.6) is 0 Å². The summed E-state index contributed by atoms with van der Waals surface area (Å²) in [6.07, 6.45) is 4.37. The van der Waals surface area contributed by atoms with Gasteiger partial charge in [-0.1, -0.05) is 0 Å². The molecule has 0 fully saturated rings. The molecule has 0 bridgehead atoms. The van der Waals surface area contributed by atoms with Crippen molar-refractivity contribution >= 4 is 21.2 Å². The number of hydrogen-bond acceptors (Lipinski definition) is 5. The minimum atomic E-state index is -3.10. The Balaban J connectivity index is 2.72. The van der Waals surface area contributed by atoms with Crippen LogP contribution in [0.4, 0.5) is 11.4 Å². The number of rotatable bonds is 4. The van der Waals surface area contributed by atoms with E-state index in [0.29, 0.717) is 12.2 Å². The fourth-order valence-electron chi connectivity index (χ4n) is 1.00. The van der Waals surface area contributed by atoms with E-state index in [0.717, 1.165) is 5.69 Å². The first-order valence-electron chi connectivity index (χ1n) is 4.86. The predicted octanol–water partition coefficient (Wildman–Crippen LogP) is 0.899. The first-order chi connectivity index (χ1) is 7.22. The van der Waals surface area contributed by atoms with Crippen LogP contribution < -0.4 is 11.1 Å². The maximum absolute atomic E-state index is 11.5. The SMILES string of the molecule is CC(C)(CNc1cncc(N)c1)S(C)(=O)=O. The Morgan fingerprint density at radius 3 is 2.56 bits per heavy atom. The van der Waals surface area contributed by atoms with E-state index in [1.165, 1.54) is 12.5 Å². The number of anilines is 2. The van der Waals surface area contributed by atoms with E-state index in [1.54, 1.807) is 26.1 Å². The summed E-state index contributed by atoms with van der Waals surface area (Å²) >= 11 is 0. The minimum absolute atomic E-state index is 0.316. The summed E-state index contributed by atoms with van der Waals surface area (Å²) in [5.74, 6) is 0. The molecule has 16 heavy (non-hydrogen) atoms. The normalized spacial score (nSPS) is 12.4. The summed E-state index contributed by atoms with van der Waals surface area (Å²) < 4.78 is 22.1. The monoisotopic (exact) mass is 243 g/mol. The summed E-state index contributed by atoms with van der Waals surface area (Å²) in [7, 11) is -3.10. The van der Waals surface area contributed by atoms with E-state index in [1.807, 2.05) is 0 Å². The van der Waals surface area contributed by atoms with Gasteiger partial charge in [-0.15, -0.1) is 0 Å². The third kappa shape index (κ3) is 3.10. The first kappa shape index (κ1) is 12.8. The van der Waals surface area contributed by atoms with Crippen LogP contribution in [0.3, 0.4) is 0 Å². The molecule has 1 aromatic heterocycles. The largest absolute Gasteiger partial charge is 0.397 e. The van der Waals surface area contributed by atoms with Crippen molar-refractivity contribution in [2.75, 3.05) is 23.9 Å². The number of nitrogens with one attached hydrogen (secondary N) is 1. The quantitative estimate of drug-likeness (QED) is 0.820. The minimum Gasteiger partial charge on any atom is -0.397 e. The molecule has 0 unspecified atom stereocenters. The van der Waals surface area contributed by atoms with Crippen LogP contribution in [-0.2, 0) is 9.84 Å². The first-order valence-corrected chi connectivity index (χ1v) is 6.75. The van der Waals surface area contributed by atoms with E-state index in [9.17, 15) is 8.42 Å². The van der Waals surface area contributed by atoms with Crippen LogP contribution in [-0.4, -0.2) is 30.9 Å². The second-order valence-corrected chi connectivity index (χ2v) is 7.04. The molecular formula is C10H17N3O2S. The zero-order valence-corrected chi connectivity index (χ0v) is 10.5. The number of pyridine rings is 1. The summed E-state index contributed by atoms with van der Waals surface area (Å²) in [6.45, 7) is 3.67. The van der Waals surface area contributed by atoms with Crippen molar-refractivity contribution in [2.24, 2.45) is 0 Å². The summed E-state index contributed by atoms with van der Waals surface area (Å²) in [6, 6.07) is 1.71. The lowest BCUT2D eigenvalue weighted by Crippen LogP contribution is -2.38. The average molecular weight is 243 g/mol. The lowest BCUT2D eigenvalue weighted by Gasteiger charge is -2.23. The summed E-state index contributed by atoms with van der Waals surface area (Å²) in [5.41, 5.74) is 6.83. The van der Waals surface area contributed by atoms with Gasteiger partial charge >= 0.3 is 0 Å². The maximum Gasteiger partial charge on any atom is 0.154 e. The number of nitrogens with two attached hydrogens (primary N) is 1. The molecule has 5 nitrogen and oxygen atoms in total. The van der Waals surface area contributed by atoms with Crippen LogP contribution >= 0.6 is 0 Å². The molecule has 0 aliphatic rings. The van der Waals surface area contributed by atoms with Gasteiger partial charge in [0.2, 0.25) is 0 Å².